The number of nitrogens with one attached hydrogen (secondary N) is 2. The van der Waals surface area contributed by atoms with Gasteiger partial charge in [0.25, 0.3) is 0 Å². The van der Waals surface area contributed by atoms with Gasteiger partial charge in [-0.1, -0.05) is 6.92 Å². The molecule has 0 radical (unpaired) electrons. The van der Waals surface area contributed by atoms with Gasteiger partial charge in [0, 0.05) is 25.6 Å². The zero-order valence-corrected chi connectivity index (χ0v) is 7.39. The molecule has 0 aromatic carbocycles. The van der Waals surface area contributed by atoms with Crippen LogP contribution in [0.4, 0.5) is 0 Å². The third kappa shape index (κ3) is 7.49. The molecular weight excluding hydrogens is 140 g/mol. The lowest BCUT2D eigenvalue weighted by Gasteiger charge is -2.09. The van der Waals surface area contributed by atoms with Gasteiger partial charge in [-0.05, 0) is 13.5 Å². The Bertz CT molecular complexity index is 96.1. The minimum Gasteiger partial charge on any atom is -0.316 e. The highest BCUT2D eigenvalue weighted by Crippen LogP contribution is 1.83. The summed E-state index contributed by atoms with van der Waals surface area (Å²) in [5.74, 6) is 0. The molecule has 0 bridgehead atoms. The van der Waals surface area contributed by atoms with Gasteiger partial charge >= 0.3 is 0 Å². The SMILES string of the molecule is CCNCCN[C@H](C)CC=O. The number of aldehydes is 1. The topological polar surface area (TPSA) is 41.1 Å². The second-order valence-electron chi connectivity index (χ2n) is 2.61. The predicted molar refractivity (Wildman–Crippen MR) is 46.7 cm³/mol. The van der Waals surface area contributed by atoms with Crippen LogP contribution in [0.3, 0.4) is 0 Å². The van der Waals surface area contributed by atoms with Crippen molar-refractivity contribution in [3.8, 4) is 0 Å². The lowest BCUT2D eigenvalue weighted by atomic mass is 10.2. The second-order valence-corrected chi connectivity index (χ2v) is 2.61. The lowest BCUT2D eigenvalue weighted by molar-refractivity contribution is -0.108. The molecule has 0 saturated heterocycles. The van der Waals surface area contributed by atoms with Crippen LogP contribution in [0.25, 0.3) is 0 Å². The molecule has 0 spiro atoms. The molecule has 0 heterocycles. The van der Waals surface area contributed by atoms with Crippen molar-refractivity contribution in [1.82, 2.24) is 10.6 Å². The summed E-state index contributed by atoms with van der Waals surface area (Å²) in [4.78, 5) is 10.0. The maximum Gasteiger partial charge on any atom is 0.121 e. The van der Waals surface area contributed by atoms with E-state index in [9.17, 15) is 4.79 Å². The van der Waals surface area contributed by atoms with Gasteiger partial charge < -0.3 is 15.4 Å². The monoisotopic (exact) mass is 158 g/mol. The van der Waals surface area contributed by atoms with E-state index < -0.39 is 0 Å². The molecule has 66 valence electrons. The Morgan fingerprint density at radius 3 is 2.73 bits per heavy atom. The molecule has 3 heteroatoms. The molecule has 0 aromatic heterocycles. The van der Waals surface area contributed by atoms with Crippen LogP contribution in [0.1, 0.15) is 20.3 Å². The van der Waals surface area contributed by atoms with E-state index >= 15 is 0 Å². The first-order valence-corrected chi connectivity index (χ1v) is 4.19. The van der Waals surface area contributed by atoms with E-state index in [-0.39, 0.29) is 0 Å². The van der Waals surface area contributed by atoms with Crippen LogP contribution < -0.4 is 10.6 Å². The van der Waals surface area contributed by atoms with Gasteiger partial charge in [0.1, 0.15) is 6.29 Å². The van der Waals surface area contributed by atoms with Crippen molar-refractivity contribution >= 4 is 6.29 Å². The molecule has 0 aliphatic heterocycles. The first-order chi connectivity index (χ1) is 5.31. The predicted octanol–water partition coefficient (Wildman–Crippen LogP) is 0.163. The number of carbonyl (C=O) groups excluding carboxylic acids is 1. The summed E-state index contributed by atoms with van der Waals surface area (Å²) < 4.78 is 0. The summed E-state index contributed by atoms with van der Waals surface area (Å²) in [6.45, 7) is 7.00. The van der Waals surface area contributed by atoms with Crippen LogP contribution >= 0.6 is 0 Å². The van der Waals surface area contributed by atoms with Crippen LogP contribution in [-0.4, -0.2) is 32.0 Å². The summed E-state index contributed by atoms with van der Waals surface area (Å²) in [6.07, 6.45) is 1.55. The van der Waals surface area contributed by atoms with Gasteiger partial charge in [0.2, 0.25) is 0 Å². The van der Waals surface area contributed by atoms with Crippen LogP contribution in [0.5, 0.6) is 0 Å². The normalized spacial score (nSPS) is 12.9. The Hall–Kier alpha value is -0.410. The van der Waals surface area contributed by atoms with E-state index in [1.165, 1.54) is 0 Å². The van der Waals surface area contributed by atoms with E-state index in [1.54, 1.807) is 0 Å². The number of hydrogen-bond donors (Lipinski definition) is 2. The molecule has 0 aliphatic carbocycles. The average Bonchev–Trinajstić information content (AvgIpc) is 1.99. The van der Waals surface area contributed by atoms with Crippen LogP contribution in [0.2, 0.25) is 0 Å². The molecular formula is C8H18N2O. The fourth-order valence-electron chi connectivity index (χ4n) is 0.811. The van der Waals surface area contributed by atoms with Crippen molar-refractivity contribution in [2.24, 2.45) is 0 Å². The average molecular weight is 158 g/mol. The zero-order valence-electron chi connectivity index (χ0n) is 7.39. The van der Waals surface area contributed by atoms with Crippen molar-refractivity contribution < 1.29 is 4.79 Å². The summed E-state index contributed by atoms with van der Waals surface area (Å²) in [5, 5.41) is 6.42. The summed E-state index contributed by atoms with van der Waals surface area (Å²) in [5.41, 5.74) is 0. The number of likely N-dealkylation sites (N-methyl/N-ethyl adjacent to an activating group) is 1. The highest BCUT2D eigenvalue weighted by molar-refractivity contribution is 5.50. The van der Waals surface area contributed by atoms with Gasteiger partial charge in [0.15, 0.2) is 0 Å². The van der Waals surface area contributed by atoms with Gasteiger partial charge in [-0.2, -0.15) is 0 Å². The number of rotatable bonds is 7. The Morgan fingerprint density at radius 1 is 1.45 bits per heavy atom. The smallest absolute Gasteiger partial charge is 0.121 e. The minimum absolute atomic E-state index is 0.311. The van der Waals surface area contributed by atoms with E-state index in [4.69, 9.17) is 0 Å². The number of hydrogen-bond acceptors (Lipinski definition) is 3. The Labute approximate surface area is 68.6 Å². The Morgan fingerprint density at radius 2 is 2.18 bits per heavy atom. The van der Waals surface area contributed by atoms with Crippen LogP contribution in [-0.2, 0) is 4.79 Å². The third-order valence-electron chi connectivity index (χ3n) is 1.49. The quantitative estimate of drug-likeness (QED) is 0.410. The molecule has 1 atom stereocenters. The van der Waals surface area contributed by atoms with Gasteiger partial charge in [-0.3, -0.25) is 0 Å². The summed E-state index contributed by atoms with van der Waals surface area (Å²) >= 11 is 0. The molecule has 2 N–H and O–H groups in total. The van der Waals surface area contributed by atoms with Crippen molar-refractivity contribution in [1.29, 1.82) is 0 Å². The van der Waals surface area contributed by atoms with Crippen LogP contribution in [0, 0.1) is 0 Å². The fourth-order valence-corrected chi connectivity index (χ4v) is 0.811. The fraction of sp³-hybridized carbons (Fsp3) is 0.875. The van der Waals surface area contributed by atoms with E-state index in [0.29, 0.717) is 12.5 Å². The molecule has 11 heavy (non-hydrogen) atoms. The molecule has 0 saturated carbocycles. The molecule has 0 aliphatic rings. The van der Waals surface area contributed by atoms with Crippen LogP contribution in [0.15, 0.2) is 0 Å². The second kappa shape index (κ2) is 7.69. The zero-order chi connectivity index (χ0) is 8.53. The third-order valence-corrected chi connectivity index (χ3v) is 1.49. The summed E-state index contributed by atoms with van der Waals surface area (Å²) in [7, 11) is 0. The van der Waals surface area contributed by atoms with Crippen molar-refractivity contribution in [3.63, 3.8) is 0 Å². The molecule has 0 unspecified atom stereocenters. The van der Waals surface area contributed by atoms with Gasteiger partial charge in [-0.25, -0.2) is 0 Å². The number of carbonyl (C=O) groups is 1. The maximum atomic E-state index is 10.0. The van der Waals surface area contributed by atoms with Crippen molar-refractivity contribution in [3.05, 3.63) is 0 Å². The highest BCUT2D eigenvalue weighted by atomic mass is 16.1. The molecule has 3 nitrogen and oxygen atoms in total. The van der Waals surface area contributed by atoms with Crippen molar-refractivity contribution in [2.75, 3.05) is 19.6 Å². The first-order valence-electron chi connectivity index (χ1n) is 4.19. The van der Waals surface area contributed by atoms with E-state index in [0.717, 1.165) is 25.9 Å². The standard InChI is InChI=1S/C8H18N2O/c1-3-9-5-6-10-8(2)4-7-11/h7-10H,3-6H2,1-2H3/t8-/m1/s1. The van der Waals surface area contributed by atoms with Crippen molar-refractivity contribution in [2.45, 2.75) is 26.3 Å². The molecule has 0 rings (SSSR count). The molecule has 0 amide bonds. The van der Waals surface area contributed by atoms with E-state index in [1.807, 2.05) is 6.92 Å². The Kier molecular flexibility index (Phi) is 7.41. The maximum absolute atomic E-state index is 10.0. The first kappa shape index (κ1) is 10.6. The summed E-state index contributed by atoms with van der Waals surface area (Å²) in [6, 6.07) is 0.311. The van der Waals surface area contributed by atoms with Gasteiger partial charge in [-0.15, -0.1) is 0 Å². The molecule has 0 fully saturated rings. The minimum atomic E-state index is 0.311. The molecule has 0 aromatic rings. The highest BCUT2D eigenvalue weighted by Gasteiger charge is 1.97. The Balaban J connectivity index is 3.03. The largest absolute Gasteiger partial charge is 0.316 e. The lowest BCUT2D eigenvalue weighted by Crippen LogP contribution is -2.33. The van der Waals surface area contributed by atoms with Gasteiger partial charge in [0.05, 0.1) is 0 Å². The van der Waals surface area contributed by atoms with E-state index in [2.05, 4.69) is 17.6 Å².